The van der Waals surface area contributed by atoms with E-state index < -0.39 is 18.2 Å². The highest BCUT2D eigenvalue weighted by molar-refractivity contribution is 5.94. The summed E-state index contributed by atoms with van der Waals surface area (Å²) in [7, 11) is 0. The molecule has 2 aromatic rings. The van der Waals surface area contributed by atoms with Crippen LogP contribution in [0, 0.1) is 11.6 Å². The minimum Gasteiger partial charge on any atom is -0.435 e. The number of carbonyl (C=O) groups excluding carboxylic acids is 1. The summed E-state index contributed by atoms with van der Waals surface area (Å²) in [6.45, 7) is -0.934. The highest BCUT2D eigenvalue weighted by Gasteiger charge is 2.16. The molecule has 0 aliphatic heterocycles. The van der Waals surface area contributed by atoms with Crippen LogP contribution in [0.2, 0.25) is 0 Å². The molecule has 0 radical (unpaired) electrons. The SMILES string of the molecule is CCN(C(=O)Cc1ccc(OC(F)F)cc1)c1ccc(F)c(F)c1. The summed E-state index contributed by atoms with van der Waals surface area (Å²) < 4.78 is 54.7. The van der Waals surface area contributed by atoms with Crippen molar-refractivity contribution in [2.24, 2.45) is 0 Å². The third-order valence-electron chi connectivity index (χ3n) is 3.34. The lowest BCUT2D eigenvalue weighted by Gasteiger charge is -2.21. The molecule has 0 saturated carbocycles. The molecule has 2 rings (SSSR count). The van der Waals surface area contributed by atoms with Crippen molar-refractivity contribution < 1.29 is 27.1 Å². The van der Waals surface area contributed by atoms with Gasteiger partial charge in [-0.05, 0) is 36.8 Å². The summed E-state index contributed by atoms with van der Waals surface area (Å²) in [5.41, 5.74) is 0.835. The number of hydrogen-bond acceptors (Lipinski definition) is 2. The van der Waals surface area contributed by atoms with Crippen LogP contribution in [0.15, 0.2) is 42.5 Å². The number of amides is 1. The molecule has 0 unspecified atom stereocenters. The minimum atomic E-state index is -2.92. The molecule has 0 bridgehead atoms. The topological polar surface area (TPSA) is 29.5 Å². The van der Waals surface area contributed by atoms with Crippen LogP contribution in [0.25, 0.3) is 0 Å². The number of nitrogens with zero attached hydrogens (tertiary/aromatic N) is 1. The zero-order valence-corrected chi connectivity index (χ0v) is 12.8. The molecule has 24 heavy (non-hydrogen) atoms. The smallest absolute Gasteiger partial charge is 0.387 e. The Morgan fingerprint density at radius 3 is 2.29 bits per heavy atom. The van der Waals surface area contributed by atoms with Crippen LogP contribution in [0.4, 0.5) is 23.2 Å². The summed E-state index contributed by atoms with van der Waals surface area (Å²) in [6.07, 6.45) is -0.0121. The maximum atomic E-state index is 13.3. The monoisotopic (exact) mass is 341 g/mol. The van der Waals surface area contributed by atoms with Crippen LogP contribution < -0.4 is 9.64 Å². The van der Waals surface area contributed by atoms with Gasteiger partial charge in [0.15, 0.2) is 11.6 Å². The molecule has 0 saturated heterocycles. The van der Waals surface area contributed by atoms with Crippen molar-refractivity contribution in [2.75, 3.05) is 11.4 Å². The first-order valence-corrected chi connectivity index (χ1v) is 7.20. The Kier molecular flexibility index (Phi) is 5.78. The first-order chi connectivity index (χ1) is 11.4. The van der Waals surface area contributed by atoms with Crippen molar-refractivity contribution >= 4 is 11.6 Å². The average Bonchev–Trinajstić information content (AvgIpc) is 2.53. The molecule has 0 fully saturated rings. The number of benzene rings is 2. The molecule has 2 aromatic carbocycles. The second-order valence-electron chi connectivity index (χ2n) is 4.94. The molecule has 3 nitrogen and oxygen atoms in total. The van der Waals surface area contributed by atoms with Gasteiger partial charge in [-0.2, -0.15) is 8.78 Å². The van der Waals surface area contributed by atoms with E-state index >= 15 is 0 Å². The van der Waals surface area contributed by atoms with Gasteiger partial charge in [0.1, 0.15) is 5.75 Å². The van der Waals surface area contributed by atoms with Crippen molar-refractivity contribution in [2.45, 2.75) is 20.0 Å². The first-order valence-electron chi connectivity index (χ1n) is 7.20. The number of hydrogen-bond donors (Lipinski definition) is 0. The van der Waals surface area contributed by atoms with Gasteiger partial charge in [-0.25, -0.2) is 8.78 Å². The van der Waals surface area contributed by atoms with E-state index in [0.717, 1.165) is 12.1 Å². The number of carbonyl (C=O) groups is 1. The van der Waals surface area contributed by atoms with Gasteiger partial charge < -0.3 is 9.64 Å². The number of anilines is 1. The summed E-state index contributed by atoms with van der Waals surface area (Å²) in [5.74, 6) is -2.36. The molecule has 0 spiro atoms. The zero-order chi connectivity index (χ0) is 17.7. The normalized spacial score (nSPS) is 10.8. The molecular weight excluding hydrogens is 326 g/mol. The van der Waals surface area contributed by atoms with Crippen LogP contribution in [-0.4, -0.2) is 19.1 Å². The van der Waals surface area contributed by atoms with E-state index in [1.165, 1.54) is 35.2 Å². The van der Waals surface area contributed by atoms with E-state index in [-0.39, 0.29) is 30.3 Å². The van der Waals surface area contributed by atoms with E-state index in [1.54, 1.807) is 6.92 Å². The van der Waals surface area contributed by atoms with Gasteiger partial charge in [-0.15, -0.1) is 0 Å². The second-order valence-corrected chi connectivity index (χ2v) is 4.94. The van der Waals surface area contributed by atoms with Gasteiger partial charge in [0.05, 0.1) is 6.42 Å². The number of halogens is 4. The number of rotatable bonds is 6. The second kappa shape index (κ2) is 7.81. The summed E-state index contributed by atoms with van der Waals surface area (Å²) in [6, 6.07) is 8.89. The van der Waals surface area contributed by atoms with E-state index in [4.69, 9.17) is 0 Å². The van der Waals surface area contributed by atoms with Gasteiger partial charge in [-0.3, -0.25) is 4.79 Å². The number of alkyl halides is 2. The quantitative estimate of drug-likeness (QED) is 0.739. The van der Waals surface area contributed by atoms with Crippen molar-refractivity contribution in [3.05, 3.63) is 59.7 Å². The van der Waals surface area contributed by atoms with Crippen LogP contribution in [0.3, 0.4) is 0 Å². The maximum absolute atomic E-state index is 13.3. The largest absolute Gasteiger partial charge is 0.435 e. The lowest BCUT2D eigenvalue weighted by atomic mass is 10.1. The van der Waals surface area contributed by atoms with E-state index in [2.05, 4.69) is 4.74 Å². The van der Waals surface area contributed by atoms with E-state index in [1.807, 2.05) is 0 Å². The van der Waals surface area contributed by atoms with Crippen LogP contribution >= 0.6 is 0 Å². The molecule has 7 heteroatoms. The maximum Gasteiger partial charge on any atom is 0.387 e. The Morgan fingerprint density at radius 2 is 1.75 bits per heavy atom. The van der Waals surface area contributed by atoms with Crippen LogP contribution in [0.1, 0.15) is 12.5 Å². The van der Waals surface area contributed by atoms with Crippen molar-refractivity contribution in [3.8, 4) is 5.75 Å². The number of ether oxygens (including phenoxy) is 1. The molecule has 0 aromatic heterocycles. The molecule has 0 atom stereocenters. The predicted molar refractivity (Wildman–Crippen MR) is 81.2 cm³/mol. The molecular formula is C17H15F4NO2. The average molecular weight is 341 g/mol. The predicted octanol–water partition coefficient (Wildman–Crippen LogP) is 4.16. The van der Waals surface area contributed by atoms with Crippen LogP contribution in [-0.2, 0) is 11.2 Å². The van der Waals surface area contributed by atoms with E-state index in [0.29, 0.717) is 5.56 Å². The molecule has 0 aliphatic carbocycles. The van der Waals surface area contributed by atoms with Gasteiger partial charge in [0.25, 0.3) is 0 Å². The molecule has 0 N–H and O–H groups in total. The fourth-order valence-corrected chi connectivity index (χ4v) is 2.21. The third-order valence-corrected chi connectivity index (χ3v) is 3.34. The molecule has 1 amide bonds. The summed E-state index contributed by atoms with van der Waals surface area (Å²) >= 11 is 0. The number of likely N-dealkylation sites (N-methyl/N-ethyl adjacent to an activating group) is 1. The van der Waals surface area contributed by atoms with E-state index in [9.17, 15) is 22.4 Å². The van der Waals surface area contributed by atoms with Crippen molar-refractivity contribution in [1.82, 2.24) is 0 Å². The minimum absolute atomic E-state index is 0.00541. The third kappa shape index (κ3) is 4.47. The molecule has 0 heterocycles. The fraction of sp³-hybridized carbons (Fsp3) is 0.235. The Balaban J connectivity index is 2.10. The van der Waals surface area contributed by atoms with Gasteiger partial charge in [0, 0.05) is 18.3 Å². The highest BCUT2D eigenvalue weighted by Crippen LogP contribution is 2.20. The Morgan fingerprint density at radius 1 is 1.08 bits per heavy atom. The fourth-order valence-electron chi connectivity index (χ4n) is 2.21. The summed E-state index contributed by atoms with van der Waals surface area (Å²) in [5, 5.41) is 0. The first kappa shape index (κ1) is 17.8. The highest BCUT2D eigenvalue weighted by atomic mass is 19.3. The van der Waals surface area contributed by atoms with Crippen molar-refractivity contribution in [3.63, 3.8) is 0 Å². The standard InChI is InChI=1S/C17H15F4NO2/c1-2-22(12-5-8-14(18)15(19)10-12)16(23)9-11-3-6-13(7-4-11)24-17(20)21/h3-8,10,17H,2,9H2,1H3. The Bertz CT molecular complexity index is 704. The lowest BCUT2D eigenvalue weighted by molar-refractivity contribution is -0.117. The molecule has 128 valence electrons. The van der Waals surface area contributed by atoms with Crippen LogP contribution in [0.5, 0.6) is 5.75 Å². The van der Waals surface area contributed by atoms with Gasteiger partial charge >= 0.3 is 6.61 Å². The Hall–Kier alpha value is -2.57. The zero-order valence-electron chi connectivity index (χ0n) is 12.8. The summed E-state index contributed by atoms with van der Waals surface area (Å²) in [4.78, 5) is 13.7. The van der Waals surface area contributed by atoms with Gasteiger partial charge in [0.2, 0.25) is 5.91 Å². The lowest BCUT2D eigenvalue weighted by Crippen LogP contribution is -2.32. The van der Waals surface area contributed by atoms with Gasteiger partial charge in [-0.1, -0.05) is 12.1 Å². The Labute approximate surface area is 136 Å². The van der Waals surface area contributed by atoms with Crippen molar-refractivity contribution in [1.29, 1.82) is 0 Å². The molecule has 0 aliphatic rings.